The largest absolute Gasteiger partial charge is 0.418 e. The Hall–Kier alpha value is -2.13. The first-order valence-corrected chi connectivity index (χ1v) is 8.94. The highest BCUT2D eigenvalue weighted by molar-refractivity contribution is 8.00. The van der Waals surface area contributed by atoms with E-state index in [1.165, 1.54) is 47.6 Å². The van der Waals surface area contributed by atoms with Gasteiger partial charge in [-0.15, -0.1) is 11.3 Å². The van der Waals surface area contributed by atoms with Crippen LogP contribution in [0.5, 0.6) is 0 Å². The first-order valence-electron chi connectivity index (χ1n) is 7.18. The zero-order valence-corrected chi connectivity index (χ0v) is 14.5. The highest BCUT2D eigenvalue weighted by atomic mass is 32.2. The molecule has 0 spiro atoms. The number of hydrogen-bond acceptors (Lipinski definition) is 5. The number of carbonyl (C=O) groups is 1. The molecule has 1 atom stereocenters. The standard InChI is InChI=1S/C16H12F3N3OS2/c1-9(25-15-10-6-7-24-14(10)20-8-21-15)13(23)22-12-5-3-2-4-11(12)16(17,18)19/h2-9H,1H3,(H,22,23)/t9-/m0/s1. The molecule has 0 unspecified atom stereocenters. The summed E-state index contributed by atoms with van der Waals surface area (Å²) in [5, 5.41) is 5.05. The Balaban J connectivity index is 1.77. The number of nitrogens with one attached hydrogen (secondary N) is 1. The van der Waals surface area contributed by atoms with Gasteiger partial charge >= 0.3 is 6.18 Å². The number of benzene rings is 1. The van der Waals surface area contributed by atoms with Gasteiger partial charge in [-0.25, -0.2) is 9.97 Å². The summed E-state index contributed by atoms with van der Waals surface area (Å²) in [5.41, 5.74) is -1.13. The Labute approximate surface area is 149 Å². The zero-order valence-electron chi connectivity index (χ0n) is 12.9. The van der Waals surface area contributed by atoms with Gasteiger partial charge in [-0.05, 0) is 30.5 Å². The van der Waals surface area contributed by atoms with Crippen LogP contribution in [-0.2, 0) is 11.0 Å². The molecule has 0 fully saturated rings. The molecule has 0 radical (unpaired) electrons. The van der Waals surface area contributed by atoms with Crippen LogP contribution < -0.4 is 5.32 Å². The molecule has 0 aliphatic carbocycles. The van der Waals surface area contributed by atoms with E-state index in [2.05, 4.69) is 15.3 Å². The van der Waals surface area contributed by atoms with Crippen LogP contribution in [0.25, 0.3) is 10.2 Å². The van der Waals surface area contributed by atoms with Crippen LogP contribution in [0.3, 0.4) is 0 Å². The minimum atomic E-state index is -4.53. The second kappa shape index (κ2) is 7.01. The van der Waals surface area contributed by atoms with Crippen LogP contribution in [0.4, 0.5) is 18.9 Å². The van der Waals surface area contributed by atoms with Gasteiger partial charge < -0.3 is 5.32 Å². The van der Waals surface area contributed by atoms with Crippen molar-refractivity contribution in [1.29, 1.82) is 0 Å². The van der Waals surface area contributed by atoms with Gasteiger partial charge in [0, 0.05) is 5.39 Å². The summed E-state index contributed by atoms with van der Waals surface area (Å²) in [6.45, 7) is 1.62. The number of anilines is 1. The summed E-state index contributed by atoms with van der Waals surface area (Å²) >= 11 is 2.63. The zero-order chi connectivity index (χ0) is 18.0. The molecule has 0 aliphatic rings. The van der Waals surface area contributed by atoms with Gasteiger partial charge in [0.1, 0.15) is 16.2 Å². The molecular formula is C16H12F3N3OS2. The predicted octanol–water partition coefficient (Wildman–Crippen LogP) is 4.83. The van der Waals surface area contributed by atoms with E-state index >= 15 is 0 Å². The maximum Gasteiger partial charge on any atom is 0.418 e. The first-order chi connectivity index (χ1) is 11.9. The molecule has 25 heavy (non-hydrogen) atoms. The van der Waals surface area contributed by atoms with E-state index in [9.17, 15) is 18.0 Å². The van der Waals surface area contributed by atoms with E-state index in [1.807, 2.05) is 11.4 Å². The number of halogens is 3. The molecule has 0 bridgehead atoms. The topological polar surface area (TPSA) is 54.9 Å². The fraction of sp³-hybridized carbons (Fsp3) is 0.188. The van der Waals surface area contributed by atoms with Crippen molar-refractivity contribution >= 4 is 44.9 Å². The van der Waals surface area contributed by atoms with Crippen LogP contribution in [0.1, 0.15) is 12.5 Å². The number of thiophene rings is 1. The lowest BCUT2D eigenvalue weighted by molar-refractivity contribution is -0.137. The van der Waals surface area contributed by atoms with Crippen LogP contribution in [0, 0.1) is 0 Å². The van der Waals surface area contributed by atoms with E-state index in [1.54, 1.807) is 6.92 Å². The number of aromatic nitrogens is 2. The van der Waals surface area contributed by atoms with E-state index in [-0.39, 0.29) is 5.69 Å². The Morgan fingerprint density at radius 1 is 1.24 bits per heavy atom. The lowest BCUT2D eigenvalue weighted by atomic mass is 10.1. The fourth-order valence-corrected chi connectivity index (χ4v) is 3.85. The molecule has 3 rings (SSSR count). The first kappa shape index (κ1) is 17.7. The van der Waals surface area contributed by atoms with Crippen molar-refractivity contribution in [2.75, 3.05) is 5.32 Å². The molecule has 2 heterocycles. The van der Waals surface area contributed by atoms with Crippen molar-refractivity contribution in [3.63, 3.8) is 0 Å². The number of fused-ring (bicyclic) bond motifs is 1. The van der Waals surface area contributed by atoms with Gasteiger partial charge in [0.05, 0.1) is 16.5 Å². The summed E-state index contributed by atoms with van der Waals surface area (Å²) in [6, 6.07) is 6.76. The Kier molecular flexibility index (Phi) is 4.96. The van der Waals surface area contributed by atoms with Gasteiger partial charge in [0.15, 0.2) is 0 Å². The highest BCUT2D eigenvalue weighted by Gasteiger charge is 2.34. The molecule has 130 valence electrons. The Morgan fingerprint density at radius 2 is 2.00 bits per heavy atom. The van der Waals surface area contributed by atoms with Crippen molar-refractivity contribution in [2.24, 2.45) is 0 Å². The second-order valence-corrected chi connectivity index (χ2v) is 7.33. The third-order valence-electron chi connectivity index (χ3n) is 3.37. The normalized spacial score (nSPS) is 13.0. The van der Waals surface area contributed by atoms with Gasteiger partial charge in [-0.1, -0.05) is 23.9 Å². The van der Waals surface area contributed by atoms with Crippen molar-refractivity contribution in [2.45, 2.75) is 23.4 Å². The summed E-state index contributed by atoms with van der Waals surface area (Å²) in [4.78, 5) is 21.4. The smallest absolute Gasteiger partial charge is 0.325 e. The number of amides is 1. The third kappa shape index (κ3) is 3.93. The summed E-state index contributed by atoms with van der Waals surface area (Å²) < 4.78 is 39.0. The maximum absolute atomic E-state index is 13.0. The van der Waals surface area contributed by atoms with Gasteiger partial charge in [0.25, 0.3) is 0 Å². The molecule has 0 saturated heterocycles. The van der Waals surface area contributed by atoms with Crippen LogP contribution in [-0.4, -0.2) is 21.1 Å². The SMILES string of the molecule is C[C@H](Sc1ncnc2sccc12)C(=O)Nc1ccccc1C(F)(F)F. The lowest BCUT2D eigenvalue weighted by Crippen LogP contribution is -2.24. The molecule has 1 N–H and O–H groups in total. The summed E-state index contributed by atoms with van der Waals surface area (Å²) in [6.07, 6.45) is -3.12. The number of para-hydroxylation sites is 1. The number of nitrogens with zero attached hydrogens (tertiary/aromatic N) is 2. The molecule has 0 saturated carbocycles. The molecule has 9 heteroatoms. The molecule has 1 amide bonds. The second-order valence-electron chi connectivity index (χ2n) is 5.11. The quantitative estimate of drug-likeness (QED) is 0.518. The van der Waals surface area contributed by atoms with E-state index in [0.717, 1.165) is 16.3 Å². The fourth-order valence-electron chi connectivity index (χ4n) is 2.16. The van der Waals surface area contributed by atoms with Crippen LogP contribution in [0.2, 0.25) is 0 Å². The van der Waals surface area contributed by atoms with E-state index < -0.39 is 22.9 Å². The molecular weight excluding hydrogens is 371 g/mol. The Bertz CT molecular complexity index is 911. The van der Waals surface area contributed by atoms with Crippen molar-refractivity contribution in [3.8, 4) is 0 Å². The molecule has 0 aliphatic heterocycles. The van der Waals surface area contributed by atoms with E-state index in [4.69, 9.17) is 0 Å². The third-order valence-corrected chi connectivity index (χ3v) is 5.31. The minimum Gasteiger partial charge on any atom is -0.325 e. The minimum absolute atomic E-state index is 0.254. The highest BCUT2D eigenvalue weighted by Crippen LogP contribution is 2.35. The summed E-state index contributed by atoms with van der Waals surface area (Å²) in [5.74, 6) is -0.524. The predicted molar refractivity (Wildman–Crippen MR) is 92.8 cm³/mol. The number of thioether (sulfide) groups is 1. The van der Waals surface area contributed by atoms with Gasteiger partial charge in [-0.2, -0.15) is 13.2 Å². The monoisotopic (exact) mass is 383 g/mol. The van der Waals surface area contributed by atoms with Crippen LogP contribution in [0.15, 0.2) is 47.1 Å². The summed E-state index contributed by atoms with van der Waals surface area (Å²) in [7, 11) is 0. The number of hydrogen-bond donors (Lipinski definition) is 1. The van der Waals surface area contributed by atoms with Gasteiger partial charge in [-0.3, -0.25) is 4.79 Å². The number of rotatable bonds is 4. The molecule has 2 aromatic heterocycles. The molecule has 3 aromatic rings. The number of alkyl halides is 3. The Morgan fingerprint density at radius 3 is 2.76 bits per heavy atom. The molecule has 1 aromatic carbocycles. The van der Waals surface area contributed by atoms with Crippen molar-refractivity contribution in [1.82, 2.24) is 9.97 Å². The van der Waals surface area contributed by atoms with Crippen molar-refractivity contribution < 1.29 is 18.0 Å². The van der Waals surface area contributed by atoms with Crippen molar-refractivity contribution in [3.05, 3.63) is 47.6 Å². The number of carbonyl (C=O) groups excluding carboxylic acids is 1. The molecule has 4 nitrogen and oxygen atoms in total. The van der Waals surface area contributed by atoms with Gasteiger partial charge in [0.2, 0.25) is 5.91 Å². The average Bonchev–Trinajstić information content (AvgIpc) is 3.04. The maximum atomic E-state index is 13.0. The van der Waals surface area contributed by atoms with E-state index in [0.29, 0.717) is 5.03 Å². The average molecular weight is 383 g/mol. The lowest BCUT2D eigenvalue weighted by Gasteiger charge is -2.16. The van der Waals surface area contributed by atoms with Crippen LogP contribution >= 0.6 is 23.1 Å².